The highest BCUT2D eigenvalue weighted by atomic mass is 14.8. The maximum atomic E-state index is 4.64. The first kappa shape index (κ1) is 12.7. The van der Waals surface area contributed by atoms with Gasteiger partial charge in [-0.2, -0.15) is 0 Å². The molecule has 2 heteroatoms. The molecule has 2 aromatic rings. The number of hydrogen-bond acceptors (Lipinski definition) is 2. The number of nitrogens with zero attached hydrogens (tertiary/aromatic N) is 2. The van der Waals surface area contributed by atoms with Crippen LogP contribution in [0.3, 0.4) is 0 Å². The van der Waals surface area contributed by atoms with E-state index in [1.54, 1.807) is 0 Å². The predicted octanol–water partition coefficient (Wildman–Crippen LogP) is 3.83. The number of pyridine rings is 2. The molecule has 0 saturated carbocycles. The van der Waals surface area contributed by atoms with E-state index < -0.39 is 0 Å². The molecule has 0 aliphatic heterocycles. The van der Waals surface area contributed by atoms with Gasteiger partial charge >= 0.3 is 0 Å². The van der Waals surface area contributed by atoms with Crippen molar-refractivity contribution in [1.82, 2.24) is 9.97 Å². The van der Waals surface area contributed by atoms with Gasteiger partial charge in [0.1, 0.15) is 0 Å². The molecule has 2 nitrogen and oxygen atoms in total. The lowest BCUT2D eigenvalue weighted by molar-refractivity contribution is 0.955. The van der Waals surface area contributed by atoms with Crippen LogP contribution in [-0.4, -0.2) is 9.97 Å². The molecule has 2 aromatic heterocycles. The van der Waals surface area contributed by atoms with Gasteiger partial charge in [-0.25, -0.2) is 0 Å². The average molecular weight is 240 g/mol. The fourth-order valence-electron chi connectivity index (χ4n) is 2.48. The monoisotopic (exact) mass is 240 g/mol. The molecule has 0 unspecified atom stereocenters. The Balaban J connectivity index is 2.62. The third kappa shape index (κ3) is 2.28. The molecule has 94 valence electrons. The van der Waals surface area contributed by atoms with Crippen LogP contribution in [0.15, 0.2) is 30.6 Å². The highest BCUT2D eigenvalue weighted by Crippen LogP contribution is 2.26. The third-order valence-electron chi connectivity index (χ3n) is 3.38. The highest BCUT2D eigenvalue weighted by Gasteiger charge is 2.13. The Morgan fingerprint density at radius 3 is 2.22 bits per heavy atom. The maximum absolute atomic E-state index is 4.64. The van der Waals surface area contributed by atoms with Crippen molar-refractivity contribution < 1.29 is 0 Å². The summed E-state index contributed by atoms with van der Waals surface area (Å²) in [5.74, 6) is 0. The molecule has 0 aliphatic rings. The first-order valence-corrected chi connectivity index (χ1v) is 6.72. The molecule has 0 amide bonds. The Morgan fingerprint density at radius 1 is 0.889 bits per heavy atom. The van der Waals surface area contributed by atoms with Gasteiger partial charge in [0.15, 0.2) is 0 Å². The van der Waals surface area contributed by atoms with Crippen LogP contribution in [-0.2, 0) is 19.3 Å². The summed E-state index contributed by atoms with van der Waals surface area (Å²) >= 11 is 0. The van der Waals surface area contributed by atoms with Gasteiger partial charge in [0.05, 0.1) is 11.4 Å². The van der Waals surface area contributed by atoms with E-state index in [0.717, 1.165) is 30.7 Å². The van der Waals surface area contributed by atoms with Crippen molar-refractivity contribution >= 4 is 0 Å². The second kappa shape index (κ2) is 5.76. The summed E-state index contributed by atoms with van der Waals surface area (Å²) in [6.07, 6.45) is 6.97. The minimum absolute atomic E-state index is 0.978. The van der Waals surface area contributed by atoms with E-state index in [0.29, 0.717) is 0 Å². The Labute approximate surface area is 109 Å². The quantitative estimate of drug-likeness (QED) is 0.811. The third-order valence-corrected chi connectivity index (χ3v) is 3.38. The van der Waals surface area contributed by atoms with Crippen LogP contribution in [0, 0.1) is 0 Å². The van der Waals surface area contributed by atoms with Crippen LogP contribution in [0.4, 0.5) is 0 Å². The van der Waals surface area contributed by atoms with Gasteiger partial charge in [-0.1, -0.05) is 26.8 Å². The zero-order valence-corrected chi connectivity index (χ0v) is 11.4. The number of rotatable bonds is 4. The fraction of sp³-hybridized carbons (Fsp3) is 0.375. The van der Waals surface area contributed by atoms with Crippen molar-refractivity contribution in [1.29, 1.82) is 0 Å². The molecule has 0 spiro atoms. The number of aryl methyl sites for hydroxylation is 1. The van der Waals surface area contributed by atoms with Gasteiger partial charge in [-0.3, -0.25) is 9.97 Å². The smallest absolute Gasteiger partial charge is 0.0920 e. The first-order valence-electron chi connectivity index (χ1n) is 6.72. The molecular weight excluding hydrogens is 220 g/mol. The number of hydrogen-bond donors (Lipinski definition) is 0. The van der Waals surface area contributed by atoms with Crippen LogP contribution in [0.25, 0.3) is 11.4 Å². The second-order valence-electron chi connectivity index (χ2n) is 4.36. The van der Waals surface area contributed by atoms with Gasteiger partial charge < -0.3 is 0 Å². The van der Waals surface area contributed by atoms with Crippen molar-refractivity contribution in [3.05, 3.63) is 47.3 Å². The van der Waals surface area contributed by atoms with Gasteiger partial charge in [0.25, 0.3) is 0 Å². The minimum atomic E-state index is 0.978. The van der Waals surface area contributed by atoms with Crippen molar-refractivity contribution in [3.63, 3.8) is 0 Å². The summed E-state index contributed by atoms with van der Waals surface area (Å²) in [6, 6.07) is 5.99. The van der Waals surface area contributed by atoms with Gasteiger partial charge in [0.2, 0.25) is 0 Å². The molecule has 2 heterocycles. The summed E-state index contributed by atoms with van der Waals surface area (Å²) in [7, 11) is 0. The molecule has 0 atom stereocenters. The van der Waals surface area contributed by atoms with Crippen LogP contribution in [0.1, 0.15) is 37.5 Å². The largest absolute Gasteiger partial charge is 0.255 e. The van der Waals surface area contributed by atoms with E-state index in [1.807, 2.05) is 30.6 Å². The average Bonchev–Trinajstić information content (AvgIpc) is 2.46. The molecule has 18 heavy (non-hydrogen) atoms. The topological polar surface area (TPSA) is 25.8 Å². The van der Waals surface area contributed by atoms with Gasteiger partial charge in [-0.15, -0.1) is 0 Å². The normalized spacial score (nSPS) is 10.6. The summed E-state index contributed by atoms with van der Waals surface area (Å²) in [4.78, 5) is 9.06. The van der Waals surface area contributed by atoms with Crippen molar-refractivity contribution in [2.75, 3.05) is 0 Å². The van der Waals surface area contributed by atoms with Crippen LogP contribution >= 0.6 is 0 Å². The molecule has 2 rings (SSSR count). The molecule has 0 fully saturated rings. The molecule has 0 aromatic carbocycles. The van der Waals surface area contributed by atoms with E-state index in [2.05, 4.69) is 30.7 Å². The lowest BCUT2D eigenvalue weighted by atomic mass is 9.94. The van der Waals surface area contributed by atoms with Crippen molar-refractivity contribution in [3.8, 4) is 11.4 Å². The lowest BCUT2D eigenvalue weighted by Crippen LogP contribution is -2.03. The van der Waals surface area contributed by atoms with E-state index in [-0.39, 0.29) is 0 Å². The van der Waals surface area contributed by atoms with Crippen LogP contribution in [0.2, 0.25) is 0 Å². The molecule has 0 bridgehead atoms. The van der Waals surface area contributed by atoms with Gasteiger partial charge in [0, 0.05) is 12.4 Å². The fourth-order valence-corrected chi connectivity index (χ4v) is 2.48. The molecule has 0 saturated heterocycles. The summed E-state index contributed by atoms with van der Waals surface area (Å²) < 4.78 is 0. The molecule has 0 N–H and O–H groups in total. The summed E-state index contributed by atoms with van der Waals surface area (Å²) in [5, 5.41) is 0. The van der Waals surface area contributed by atoms with E-state index >= 15 is 0 Å². The lowest BCUT2D eigenvalue weighted by Gasteiger charge is -2.15. The van der Waals surface area contributed by atoms with Gasteiger partial charge in [-0.05, 0) is 48.1 Å². The summed E-state index contributed by atoms with van der Waals surface area (Å²) in [6.45, 7) is 6.61. The van der Waals surface area contributed by atoms with Crippen LogP contribution < -0.4 is 0 Å². The van der Waals surface area contributed by atoms with Crippen LogP contribution in [0.5, 0.6) is 0 Å². The van der Waals surface area contributed by atoms with E-state index in [1.165, 1.54) is 16.7 Å². The zero-order valence-electron chi connectivity index (χ0n) is 11.4. The standard InChI is InChI=1S/C16H20N2/c1-4-12-11-18-16(14(6-3)13(12)5-2)15-9-7-8-10-17-15/h7-11H,4-6H2,1-3H3. The van der Waals surface area contributed by atoms with Crippen molar-refractivity contribution in [2.45, 2.75) is 40.0 Å². The van der Waals surface area contributed by atoms with E-state index in [9.17, 15) is 0 Å². The molecule has 0 aliphatic carbocycles. The molecule has 0 radical (unpaired) electrons. The predicted molar refractivity (Wildman–Crippen MR) is 75.6 cm³/mol. The summed E-state index contributed by atoms with van der Waals surface area (Å²) in [5.41, 5.74) is 6.21. The zero-order chi connectivity index (χ0) is 13.0. The Bertz CT molecular complexity index is 518. The Morgan fingerprint density at radius 2 is 1.67 bits per heavy atom. The first-order chi connectivity index (χ1) is 8.81. The van der Waals surface area contributed by atoms with E-state index in [4.69, 9.17) is 0 Å². The maximum Gasteiger partial charge on any atom is 0.0920 e. The number of aromatic nitrogens is 2. The SMILES string of the molecule is CCc1cnc(-c2ccccn2)c(CC)c1CC. The Hall–Kier alpha value is -1.70. The second-order valence-corrected chi connectivity index (χ2v) is 4.36. The van der Waals surface area contributed by atoms with Crippen molar-refractivity contribution in [2.24, 2.45) is 0 Å². The molecular formula is C16H20N2. The highest BCUT2D eigenvalue weighted by molar-refractivity contribution is 5.61. The minimum Gasteiger partial charge on any atom is -0.255 e. The Kier molecular flexibility index (Phi) is 4.08.